The summed E-state index contributed by atoms with van der Waals surface area (Å²) in [6.45, 7) is 1.38. The molecule has 1 aliphatic rings. The number of nitrogens with one attached hydrogen (secondary N) is 1. The number of rotatable bonds is 14. The summed E-state index contributed by atoms with van der Waals surface area (Å²) in [4.78, 5) is 28.5. The number of aliphatic hydroxyl groups excluding tert-OH is 1. The molecule has 160 valence electrons. The number of ether oxygens (including phenoxy) is 2. The molecule has 0 spiro atoms. The Kier molecular flexibility index (Phi) is 12.4. The molecule has 0 saturated heterocycles. The lowest BCUT2D eigenvalue weighted by molar-refractivity contribution is -0.142. The highest BCUT2D eigenvalue weighted by atomic mass is 79.9. The molecule has 9 nitrogen and oxygen atoms in total. The monoisotopic (exact) mass is 527 g/mol. The first-order chi connectivity index (χ1) is 13.4. The van der Waals surface area contributed by atoms with Gasteiger partial charge >= 0.3 is 5.97 Å². The first-order valence-corrected chi connectivity index (χ1v) is 11.2. The number of carbonyl (C=O) groups is 2. The maximum absolute atomic E-state index is 12.4. The summed E-state index contributed by atoms with van der Waals surface area (Å²) in [7, 11) is 1.74. The van der Waals surface area contributed by atoms with E-state index in [1.165, 1.54) is 0 Å². The van der Waals surface area contributed by atoms with Crippen molar-refractivity contribution in [2.75, 3.05) is 50.7 Å². The average Bonchev–Trinajstić information content (AvgIpc) is 2.65. The minimum absolute atomic E-state index is 0.119. The molecule has 1 atom stereocenters. The zero-order chi connectivity index (χ0) is 20.9. The van der Waals surface area contributed by atoms with E-state index in [1.807, 2.05) is 0 Å². The molecule has 0 fully saturated rings. The van der Waals surface area contributed by atoms with Crippen molar-refractivity contribution < 1.29 is 29.3 Å². The van der Waals surface area contributed by atoms with Gasteiger partial charge in [-0.2, -0.15) is 0 Å². The second-order valence-corrected chi connectivity index (χ2v) is 7.27. The number of aliphatic hydroxyl groups is 1. The summed E-state index contributed by atoms with van der Waals surface area (Å²) >= 11 is 6.75. The average molecular weight is 529 g/mol. The summed E-state index contributed by atoms with van der Waals surface area (Å²) in [6, 6.07) is -0.119. The van der Waals surface area contributed by atoms with Gasteiger partial charge in [0.15, 0.2) is 5.70 Å². The van der Waals surface area contributed by atoms with Crippen molar-refractivity contribution in [3.8, 4) is 0 Å². The third-order valence-electron chi connectivity index (χ3n) is 4.00. The fraction of sp³-hybridized carbons (Fsp3) is 0.706. The molecule has 1 heterocycles. The van der Waals surface area contributed by atoms with E-state index in [0.29, 0.717) is 37.0 Å². The van der Waals surface area contributed by atoms with Crippen molar-refractivity contribution in [1.82, 2.24) is 10.2 Å². The number of hydrogen-bond donors (Lipinski definition) is 3. The number of unbranched alkanes of at least 4 members (excludes halogenated alkanes) is 2. The summed E-state index contributed by atoms with van der Waals surface area (Å²) in [5, 5.41) is 22.3. The van der Waals surface area contributed by atoms with E-state index in [0.717, 1.165) is 25.0 Å². The molecule has 0 bridgehead atoms. The highest BCUT2D eigenvalue weighted by molar-refractivity contribution is 9.09. The summed E-state index contributed by atoms with van der Waals surface area (Å²) < 4.78 is 10.4. The van der Waals surface area contributed by atoms with Gasteiger partial charge < -0.3 is 29.9 Å². The van der Waals surface area contributed by atoms with Crippen LogP contribution in [0.5, 0.6) is 0 Å². The lowest BCUT2D eigenvalue weighted by Crippen LogP contribution is -2.47. The van der Waals surface area contributed by atoms with Gasteiger partial charge in [0.25, 0.3) is 5.91 Å². The number of hydrogen-bond acceptors (Lipinski definition) is 7. The van der Waals surface area contributed by atoms with E-state index in [4.69, 9.17) is 14.6 Å². The smallest absolute Gasteiger partial charge is 0.329 e. The molecule has 3 N–H and O–H groups in total. The molecule has 0 radical (unpaired) electrons. The fourth-order valence-corrected chi connectivity index (χ4v) is 3.85. The number of carbonyl (C=O) groups excluding carboxylic acids is 1. The minimum atomic E-state index is -0.966. The first-order valence-electron chi connectivity index (χ1n) is 8.93. The Balaban J connectivity index is 2.23. The molecule has 0 aliphatic carbocycles. The van der Waals surface area contributed by atoms with Crippen LogP contribution in [0.4, 0.5) is 0 Å². The van der Waals surface area contributed by atoms with E-state index in [9.17, 15) is 14.7 Å². The lowest BCUT2D eigenvalue weighted by Gasteiger charge is -2.33. The predicted octanol–water partition coefficient (Wildman–Crippen LogP) is 1.66. The van der Waals surface area contributed by atoms with Crippen LogP contribution in [0.3, 0.4) is 0 Å². The van der Waals surface area contributed by atoms with Crippen LogP contribution < -0.4 is 5.32 Å². The standard InChI is InChI=1S/C17H27Br2N3O6/c1-22-13(10-19)12(9-18)21-17(26)15(22)16(25)20-5-8-27-6-3-2-4-7-28-11-14(23)24/h13,26H,2-11H2,1H3,(H,20,25)(H,23,24). The fourth-order valence-electron chi connectivity index (χ4n) is 2.54. The van der Waals surface area contributed by atoms with Gasteiger partial charge in [0.1, 0.15) is 6.61 Å². The van der Waals surface area contributed by atoms with Crippen LogP contribution in [0, 0.1) is 0 Å². The van der Waals surface area contributed by atoms with Crippen molar-refractivity contribution in [3.05, 3.63) is 11.6 Å². The Hall–Kier alpha value is -1.17. The van der Waals surface area contributed by atoms with Crippen molar-refractivity contribution >= 4 is 49.4 Å². The quantitative estimate of drug-likeness (QED) is 0.231. The Labute approximate surface area is 181 Å². The normalized spacial score (nSPS) is 16.9. The molecule has 11 heteroatoms. The molecule has 0 aromatic heterocycles. The molecule has 1 amide bonds. The van der Waals surface area contributed by atoms with Gasteiger partial charge in [-0.05, 0) is 19.3 Å². The van der Waals surface area contributed by atoms with Crippen LogP contribution in [0.2, 0.25) is 0 Å². The Bertz CT molecular complexity index is 585. The second kappa shape index (κ2) is 13.9. The molecule has 1 aliphatic heterocycles. The first kappa shape index (κ1) is 24.9. The van der Waals surface area contributed by atoms with Crippen LogP contribution in [0.25, 0.3) is 0 Å². The SMILES string of the molecule is CN1C(C(=O)NCCOCCCCCOCC(=O)O)=C(O)N=C(CBr)C1CBr. The highest BCUT2D eigenvalue weighted by Crippen LogP contribution is 2.21. The third kappa shape index (κ3) is 8.46. The van der Waals surface area contributed by atoms with Crippen molar-refractivity contribution in [1.29, 1.82) is 0 Å². The van der Waals surface area contributed by atoms with Gasteiger partial charge in [-0.15, -0.1) is 0 Å². The van der Waals surface area contributed by atoms with Gasteiger partial charge in [-0.3, -0.25) is 4.79 Å². The molecule has 0 aromatic carbocycles. The van der Waals surface area contributed by atoms with E-state index < -0.39 is 11.9 Å². The summed E-state index contributed by atoms with van der Waals surface area (Å²) in [6.07, 6.45) is 2.48. The molecule has 0 saturated carbocycles. The van der Waals surface area contributed by atoms with Crippen LogP contribution in [0.1, 0.15) is 19.3 Å². The number of halogens is 2. The van der Waals surface area contributed by atoms with Gasteiger partial charge in [0.05, 0.1) is 18.4 Å². The van der Waals surface area contributed by atoms with Gasteiger partial charge in [0, 0.05) is 37.5 Å². The lowest BCUT2D eigenvalue weighted by atomic mass is 10.1. The number of alkyl halides is 2. The van der Waals surface area contributed by atoms with Crippen LogP contribution in [-0.2, 0) is 19.1 Å². The molecule has 1 unspecified atom stereocenters. The van der Waals surface area contributed by atoms with Crippen LogP contribution in [-0.4, -0.2) is 89.4 Å². The topological polar surface area (TPSA) is 121 Å². The second-order valence-electron chi connectivity index (χ2n) is 6.07. The molecular weight excluding hydrogens is 502 g/mol. The number of aliphatic carboxylic acids is 1. The van der Waals surface area contributed by atoms with E-state index in [2.05, 4.69) is 42.2 Å². The number of nitrogens with zero attached hydrogens (tertiary/aromatic N) is 2. The largest absolute Gasteiger partial charge is 0.492 e. The van der Waals surface area contributed by atoms with Gasteiger partial charge in [-0.25, -0.2) is 9.79 Å². The summed E-state index contributed by atoms with van der Waals surface area (Å²) in [5.41, 5.74) is 0.876. The van der Waals surface area contributed by atoms with Crippen molar-refractivity contribution in [2.24, 2.45) is 4.99 Å². The van der Waals surface area contributed by atoms with Crippen LogP contribution in [0.15, 0.2) is 16.6 Å². The van der Waals surface area contributed by atoms with E-state index >= 15 is 0 Å². The Morgan fingerprint density at radius 1 is 1.18 bits per heavy atom. The number of likely N-dealkylation sites (N-methyl/N-ethyl adjacent to an activating group) is 1. The summed E-state index contributed by atoms with van der Waals surface area (Å²) in [5.74, 6) is -1.66. The Morgan fingerprint density at radius 2 is 1.86 bits per heavy atom. The van der Waals surface area contributed by atoms with Crippen molar-refractivity contribution in [2.45, 2.75) is 25.3 Å². The highest BCUT2D eigenvalue weighted by Gasteiger charge is 2.32. The maximum atomic E-state index is 12.4. The molecule has 28 heavy (non-hydrogen) atoms. The van der Waals surface area contributed by atoms with Gasteiger partial charge in [-0.1, -0.05) is 31.9 Å². The van der Waals surface area contributed by atoms with Crippen molar-refractivity contribution in [3.63, 3.8) is 0 Å². The van der Waals surface area contributed by atoms with E-state index in [-0.39, 0.29) is 24.2 Å². The molecule has 1 rings (SSSR count). The zero-order valence-electron chi connectivity index (χ0n) is 15.8. The minimum Gasteiger partial charge on any atom is -0.492 e. The number of carboxylic acid groups (broad SMARTS) is 1. The number of amides is 1. The predicted molar refractivity (Wildman–Crippen MR) is 112 cm³/mol. The zero-order valence-corrected chi connectivity index (χ0v) is 19.0. The van der Waals surface area contributed by atoms with Crippen LogP contribution >= 0.6 is 31.9 Å². The van der Waals surface area contributed by atoms with E-state index in [1.54, 1.807) is 11.9 Å². The number of carboxylic acids is 1. The maximum Gasteiger partial charge on any atom is 0.329 e. The Morgan fingerprint density at radius 3 is 2.46 bits per heavy atom. The third-order valence-corrected chi connectivity index (χ3v) is 5.19. The molecule has 0 aromatic rings. The number of aliphatic imine (C=N–C) groups is 1. The molecular formula is C17H27Br2N3O6. The van der Waals surface area contributed by atoms with Gasteiger partial charge in [0.2, 0.25) is 5.88 Å².